The molecule has 1 amide bonds. The van der Waals surface area contributed by atoms with Gasteiger partial charge in [-0.2, -0.15) is 0 Å². The molecule has 0 unspecified atom stereocenters. The van der Waals surface area contributed by atoms with E-state index in [0.29, 0.717) is 16.6 Å². The third-order valence-electron chi connectivity index (χ3n) is 3.92. The smallest absolute Gasteiger partial charge is 0.283 e. The van der Waals surface area contributed by atoms with Crippen molar-refractivity contribution in [1.29, 1.82) is 0 Å². The Morgan fingerprint density at radius 3 is 2.88 bits per heavy atom. The molecule has 0 saturated carbocycles. The van der Waals surface area contributed by atoms with Gasteiger partial charge in [0.1, 0.15) is 6.61 Å². The van der Waals surface area contributed by atoms with E-state index in [9.17, 15) is 4.79 Å². The number of benzene rings is 2. The van der Waals surface area contributed by atoms with E-state index in [0.717, 1.165) is 15.8 Å². The Bertz CT molecular complexity index is 954. The molecule has 0 aliphatic carbocycles. The number of carbonyl (C=O) groups is 1. The summed E-state index contributed by atoms with van der Waals surface area (Å²) in [6.07, 6.45) is -0.708. The first-order valence-corrected chi connectivity index (χ1v) is 8.74. The average molecular weight is 355 g/mol. The van der Waals surface area contributed by atoms with Gasteiger partial charge in [0.2, 0.25) is 11.2 Å². The van der Waals surface area contributed by atoms with E-state index in [1.54, 1.807) is 6.07 Å². The van der Waals surface area contributed by atoms with E-state index in [1.165, 1.54) is 16.9 Å². The maximum absolute atomic E-state index is 12.3. The number of hydrogen-bond donors (Lipinski definition) is 2. The molecule has 3 aromatic rings. The fraction of sp³-hybridized carbons (Fsp3) is 0.222. The lowest BCUT2D eigenvalue weighted by atomic mass is 10.1. The zero-order valence-electron chi connectivity index (χ0n) is 13.8. The van der Waals surface area contributed by atoms with E-state index >= 15 is 0 Å². The standard InChI is InChI=1S/C18H17N3O3S/c1-10-7-11(2)16-15(8-10)25-18(19-16)21-20-17(22)14-9-23-12-5-3-4-6-13(12)24-14/h3-8,14H,9H2,1-2H3,(H,19,21)(H,20,22)/t14-/m0/s1. The van der Waals surface area contributed by atoms with Crippen molar-refractivity contribution in [2.75, 3.05) is 12.0 Å². The number of carbonyl (C=O) groups excluding carboxylic acids is 1. The topological polar surface area (TPSA) is 72.5 Å². The van der Waals surface area contributed by atoms with Crippen LogP contribution in [0.4, 0.5) is 5.13 Å². The molecule has 2 aromatic carbocycles. The number of thiazole rings is 1. The number of ether oxygens (including phenoxy) is 2. The number of rotatable bonds is 3. The predicted octanol–water partition coefficient (Wildman–Crippen LogP) is 3.20. The SMILES string of the molecule is Cc1cc(C)c2nc(NNC(=O)[C@@H]3COc4ccccc4O3)sc2c1. The summed E-state index contributed by atoms with van der Waals surface area (Å²) in [4.78, 5) is 16.8. The highest BCUT2D eigenvalue weighted by Gasteiger charge is 2.27. The largest absolute Gasteiger partial charge is 0.485 e. The highest BCUT2D eigenvalue weighted by Crippen LogP contribution is 2.31. The monoisotopic (exact) mass is 355 g/mol. The quantitative estimate of drug-likeness (QED) is 0.706. The molecule has 1 aromatic heterocycles. The second kappa shape index (κ2) is 6.25. The first-order chi connectivity index (χ1) is 12.1. The molecular weight excluding hydrogens is 338 g/mol. The van der Waals surface area contributed by atoms with Crippen LogP contribution >= 0.6 is 11.3 Å². The molecule has 1 atom stereocenters. The lowest BCUT2D eigenvalue weighted by molar-refractivity contribution is -0.129. The Kier molecular flexibility index (Phi) is 3.93. The Morgan fingerprint density at radius 2 is 2.04 bits per heavy atom. The summed E-state index contributed by atoms with van der Waals surface area (Å²) in [5, 5.41) is 0.633. The highest BCUT2D eigenvalue weighted by atomic mass is 32.1. The molecule has 6 nitrogen and oxygen atoms in total. The minimum atomic E-state index is -0.708. The molecular formula is C18H17N3O3S. The van der Waals surface area contributed by atoms with Gasteiger partial charge in [0.05, 0.1) is 10.2 Å². The number of amides is 1. The fourth-order valence-corrected chi connectivity index (χ4v) is 3.76. The van der Waals surface area contributed by atoms with Crippen LogP contribution in [-0.4, -0.2) is 23.6 Å². The van der Waals surface area contributed by atoms with Gasteiger partial charge in [-0.05, 0) is 43.2 Å². The van der Waals surface area contributed by atoms with Crippen molar-refractivity contribution < 1.29 is 14.3 Å². The Balaban J connectivity index is 1.43. The number of nitrogens with one attached hydrogen (secondary N) is 2. The van der Waals surface area contributed by atoms with Crippen molar-refractivity contribution in [2.24, 2.45) is 0 Å². The molecule has 25 heavy (non-hydrogen) atoms. The van der Waals surface area contributed by atoms with Gasteiger partial charge >= 0.3 is 0 Å². The third kappa shape index (κ3) is 3.10. The van der Waals surface area contributed by atoms with Gasteiger partial charge in [0, 0.05) is 0 Å². The van der Waals surface area contributed by atoms with E-state index in [-0.39, 0.29) is 12.5 Å². The number of aryl methyl sites for hydroxylation is 2. The third-order valence-corrected chi connectivity index (χ3v) is 4.84. The number of anilines is 1. The van der Waals surface area contributed by atoms with Crippen molar-refractivity contribution in [1.82, 2.24) is 10.4 Å². The number of hydrogen-bond acceptors (Lipinski definition) is 6. The van der Waals surface area contributed by atoms with Crippen molar-refractivity contribution in [3.63, 3.8) is 0 Å². The maximum Gasteiger partial charge on any atom is 0.283 e. The van der Waals surface area contributed by atoms with E-state index < -0.39 is 6.10 Å². The molecule has 0 radical (unpaired) electrons. The number of aromatic nitrogens is 1. The highest BCUT2D eigenvalue weighted by molar-refractivity contribution is 7.22. The summed E-state index contributed by atoms with van der Waals surface area (Å²) in [5.74, 6) is 0.915. The first kappa shape index (κ1) is 15.7. The molecule has 1 aliphatic heterocycles. The van der Waals surface area contributed by atoms with Crippen LogP contribution in [0.25, 0.3) is 10.2 Å². The van der Waals surface area contributed by atoms with Crippen LogP contribution in [0.5, 0.6) is 11.5 Å². The zero-order valence-corrected chi connectivity index (χ0v) is 14.6. The Morgan fingerprint density at radius 1 is 1.24 bits per heavy atom. The zero-order chi connectivity index (χ0) is 17.4. The summed E-state index contributed by atoms with van der Waals surface area (Å²) < 4.78 is 12.3. The van der Waals surface area contributed by atoms with Crippen LogP contribution in [-0.2, 0) is 4.79 Å². The van der Waals surface area contributed by atoms with Crippen molar-refractivity contribution in [3.05, 3.63) is 47.5 Å². The summed E-state index contributed by atoms with van der Waals surface area (Å²) in [5.41, 5.74) is 8.77. The lowest BCUT2D eigenvalue weighted by Gasteiger charge is -2.25. The minimum Gasteiger partial charge on any atom is -0.485 e. The van der Waals surface area contributed by atoms with Gasteiger partial charge in [-0.1, -0.05) is 29.5 Å². The Labute approximate surface area is 148 Å². The lowest BCUT2D eigenvalue weighted by Crippen LogP contribution is -2.45. The summed E-state index contributed by atoms with van der Waals surface area (Å²) in [6.45, 7) is 4.25. The molecule has 0 fully saturated rings. The van der Waals surface area contributed by atoms with Crippen LogP contribution < -0.4 is 20.3 Å². The van der Waals surface area contributed by atoms with Gasteiger partial charge in [-0.3, -0.25) is 15.6 Å². The van der Waals surface area contributed by atoms with Gasteiger partial charge in [0.15, 0.2) is 11.5 Å². The molecule has 2 heterocycles. The molecule has 2 N–H and O–H groups in total. The van der Waals surface area contributed by atoms with Gasteiger partial charge in [0.25, 0.3) is 5.91 Å². The molecule has 0 spiro atoms. The van der Waals surface area contributed by atoms with E-state index in [4.69, 9.17) is 9.47 Å². The van der Waals surface area contributed by atoms with Gasteiger partial charge < -0.3 is 9.47 Å². The predicted molar refractivity (Wildman–Crippen MR) is 97.2 cm³/mol. The number of nitrogens with zero attached hydrogens (tertiary/aromatic N) is 1. The average Bonchev–Trinajstić information content (AvgIpc) is 3.02. The number of para-hydroxylation sites is 2. The van der Waals surface area contributed by atoms with Gasteiger partial charge in [-0.25, -0.2) is 4.98 Å². The molecule has 4 rings (SSSR count). The van der Waals surface area contributed by atoms with Crippen LogP contribution in [0.1, 0.15) is 11.1 Å². The molecule has 7 heteroatoms. The van der Waals surface area contributed by atoms with E-state index in [2.05, 4.69) is 34.9 Å². The van der Waals surface area contributed by atoms with Crippen LogP contribution in [0.2, 0.25) is 0 Å². The van der Waals surface area contributed by atoms with Crippen LogP contribution in [0.15, 0.2) is 36.4 Å². The number of fused-ring (bicyclic) bond motifs is 2. The normalized spacial score (nSPS) is 15.8. The second-order valence-corrected chi connectivity index (χ2v) is 6.96. The van der Waals surface area contributed by atoms with Crippen molar-refractivity contribution in [3.8, 4) is 11.5 Å². The summed E-state index contributed by atoms with van der Waals surface area (Å²) in [7, 11) is 0. The maximum atomic E-state index is 12.3. The molecule has 0 bridgehead atoms. The Hall–Kier alpha value is -2.80. The van der Waals surface area contributed by atoms with E-state index in [1.807, 2.05) is 25.1 Å². The molecule has 1 aliphatic rings. The summed E-state index contributed by atoms with van der Waals surface area (Å²) in [6, 6.07) is 11.5. The second-order valence-electron chi connectivity index (χ2n) is 5.93. The van der Waals surface area contributed by atoms with Crippen molar-refractivity contribution in [2.45, 2.75) is 20.0 Å². The number of hydrazine groups is 1. The fourth-order valence-electron chi connectivity index (χ4n) is 2.77. The minimum absolute atomic E-state index is 0.169. The molecule has 0 saturated heterocycles. The van der Waals surface area contributed by atoms with Crippen LogP contribution in [0.3, 0.4) is 0 Å². The van der Waals surface area contributed by atoms with Crippen LogP contribution in [0, 0.1) is 13.8 Å². The first-order valence-electron chi connectivity index (χ1n) is 7.92. The summed E-state index contributed by atoms with van der Waals surface area (Å²) >= 11 is 1.49. The molecule has 128 valence electrons. The van der Waals surface area contributed by atoms with Gasteiger partial charge in [-0.15, -0.1) is 0 Å². The van der Waals surface area contributed by atoms with Crippen molar-refractivity contribution >= 4 is 32.6 Å².